The van der Waals surface area contributed by atoms with Crippen LogP contribution in [0.5, 0.6) is 5.75 Å². The summed E-state index contributed by atoms with van der Waals surface area (Å²) in [5.41, 5.74) is 0.524. The van der Waals surface area contributed by atoms with Crippen molar-refractivity contribution in [1.29, 1.82) is 0 Å². The highest BCUT2D eigenvalue weighted by molar-refractivity contribution is 6.69. The summed E-state index contributed by atoms with van der Waals surface area (Å²) in [6.45, 7) is 11.8. The van der Waals surface area contributed by atoms with Crippen LogP contribution in [0.4, 0.5) is 0 Å². The zero-order chi connectivity index (χ0) is 20.8. The number of methoxy groups -OCH3 is 1. The third kappa shape index (κ3) is 6.67. The van der Waals surface area contributed by atoms with Crippen LogP contribution in [0.1, 0.15) is 25.8 Å². The number of benzene rings is 1. The van der Waals surface area contributed by atoms with Crippen LogP contribution < -0.4 is 4.74 Å². The van der Waals surface area contributed by atoms with E-state index in [1.54, 1.807) is 7.11 Å². The van der Waals surface area contributed by atoms with Gasteiger partial charge in [-0.2, -0.15) is 0 Å². The normalized spacial score (nSPS) is 19.8. The Balaban J connectivity index is 2.11. The number of carbonyl (C=O) groups is 1. The van der Waals surface area contributed by atoms with Crippen molar-refractivity contribution in [3.8, 4) is 5.75 Å². The Labute approximate surface area is 169 Å². The van der Waals surface area contributed by atoms with Crippen LogP contribution in [0.3, 0.4) is 0 Å². The van der Waals surface area contributed by atoms with E-state index in [-0.39, 0.29) is 6.10 Å². The van der Waals surface area contributed by atoms with Gasteiger partial charge in [-0.05, 0) is 51.2 Å². The van der Waals surface area contributed by atoms with Gasteiger partial charge >= 0.3 is 0 Å². The topological polar surface area (TPSA) is 63.2 Å². The fraction of sp³-hybridized carbons (Fsp3) is 0.667. The molecule has 0 bridgehead atoms. The second-order valence-corrected chi connectivity index (χ2v) is 13.3. The first kappa shape index (κ1) is 23.0. The number of carbonyl (C=O) groups excluding carboxylic acids is 1. The maximum atomic E-state index is 11.4. The van der Waals surface area contributed by atoms with Crippen molar-refractivity contribution in [1.82, 2.24) is 0 Å². The van der Waals surface area contributed by atoms with Crippen LogP contribution in [0.25, 0.3) is 0 Å². The van der Waals surface area contributed by atoms with E-state index < -0.39 is 19.5 Å². The molecule has 1 aliphatic heterocycles. The lowest BCUT2D eigenvalue weighted by Gasteiger charge is -2.48. The molecule has 1 aliphatic rings. The molecule has 1 atom stereocenters. The van der Waals surface area contributed by atoms with Crippen molar-refractivity contribution < 1.29 is 28.2 Å². The number of hydrogen-bond acceptors (Lipinski definition) is 6. The summed E-state index contributed by atoms with van der Waals surface area (Å²) in [6.07, 6.45) is 0.905. The molecular weight excluding hydrogens is 376 g/mol. The van der Waals surface area contributed by atoms with E-state index in [2.05, 4.69) is 19.6 Å². The molecule has 6 nitrogen and oxygen atoms in total. The summed E-state index contributed by atoms with van der Waals surface area (Å²) in [7, 11) is -0.233. The minimum Gasteiger partial charge on any atom is -0.497 e. The van der Waals surface area contributed by atoms with E-state index in [9.17, 15) is 4.79 Å². The van der Waals surface area contributed by atoms with Crippen molar-refractivity contribution >= 4 is 14.6 Å². The molecule has 0 aliphatic carbocycles. The lowest BCUT2D eigenvalue weighted by Crippen LogP contribution is -2.57. The minimum atomic E-state index is -1.88. The van der Waals surface area contributed by atoms with Crippen LogP contribution in [0.15, 0.2) is 24.3 Å². The lowest BCUT2D eigenvalue weighted by atomic mass is 9.82. The molecule has 1 saturated heterocycles. The van der Waals surface area contributed by atoms with Gasteiger partial charge < -0.3 is 28.2 Å². The van der Waals surface area contributed by atoms with Gasteiger partial charge in [0.2, 0.25) is 0 Å². The van der Waals surface area contributed by atoms with Crippen LogP contribution in [0, 0.1) is 5.41 Å². The largest absolute Gasteiger partial charge is 0.497 e. The molecule has 2 rings (SSSR count). The van der Waals surface area contributed by atoms with E-state index in [4.69, 9.17) is 23.4 Å². The Kier molecular flexibility index (Phi) is 7.81. The van der Waals surface area contributed by atoms with E-state index in [1.807, 2.05) is 38.1 Å². The first-order chi connectivity index (χ1) is 13.1. The average molecular weight is 411 g/mol. The maximum Gasteiger partial charge on any atom is 0.184 e. The second-order valence-electron chi connectivity index (χ2n) is 8.80. The molecule has 1 fully saturated rings. The Bertz CT molecular complexity index is 613. The molecule has 1 heterocycles. The number of rotatable bonds is 10. The van der Waals surface area contributed by atoms with Gasteiger partial charge in [0.05, 0.1) is 45.1 Å². The zero-order valence-electron chi connectivity index (χ0n) is 17.9. The van der Waals surface area contributed by atoms with Gasteiger partial charge in [0.1, 0.15) is 12.0 Å². The highest BCUT2D eigenvalue weighted by Gasteiger charge is 2.47. The third-order valence-corrected chi connectivity index (χ3v) is 5.71. The maximum absolute atomic E-state index is 11.4. The molecule has 0 N–H and O–H groups in total. The molecule has 7 heteroatoms. The predicted octanol–water partition coefficient (Wildman–Crippen LogP) is 3.79. The molecule has 1 aromatic carbocycles. The Morgan fingerprint density at radius 1 is 1.14 bits per heavy atom. The fourth-order valence-corrected chi connectivity index (χ4v) is 4.31. The van der Waals surface area contributed by atoms with Gasteiger partial charge in [0, 0.05) is 6.42 Å². The van der Waals surface area contributed by atoms with Crippen LogP contribution in [0.2, 0.25) is 19.6 Å². The first-order valence-corrected chi connectivity index (χ1v) is 13.1. The summed E-state index contributed by atoms with van der Waals surface area (Å²) in [5, 5.41) is 0. The predicted molar refractivity (Wildman–Crippen MR) is 110 cm³/mol. The average Bonchev–Trinajstić information content (AvgIpc) is 2.62. The van der Waals surface area contributed by atoms with Crippen molar-refractivity contribution in [2.75, 3.05) is 26.9 Å². The third-order valence-electron chi connectivity index (χ3n) is 4.72. The highest BCUT2D eigenvalue weighted by Crippen LogP contribution is 2.37. The van der Waals surface area contributed by atoms with Crippen molar-refractivity contribution in [2.45, 2.75) is 58.4 Å². The SMILES string of the molecule is COc1ccc(COCC2([C@@H](CC=O)O[Si](C)(C)C)COC(C)(C)OC2)cc1. The Morgan fingerprint density at radius 3 is 2.25 bits per heavy atom. The van der Waals surface area contributed by atoms with Crippen LogP contribution in [-0.2, 0) is 30.0 Å². The highest BCUT2D eigenvalue weighted by atomic mass is 28.4. The molecule has 158 valence electrons. The molecule has 0 unspecified atom stereocenters. The molecule has 0 saturated carbocycles. The second kappa shape index (κ2) is 9.50. The summed E-state index contributed by atoms with van der Waals surface area (Å²) >= 11 is 0. The lowest BCUT2D eigenvalue weighted by molar-refractivity contribution is -0.305. The Hall–Kier alpha value is -1.25. The van der Waals surface area contributed by atoms with Gasteiger partial charge in [-0.15, -0.1) is 0 Å². The van der Waals surface area contributed by atoms with Gasteiger partial charge in [0.25, 0.3) is 0 Å². The monoisotopic (exact) mass is 410 g/mol. The number of hydrogen-bond donors (Lipinski definition) is 0. The molecular formula is C21H34O6Si. The number of ether oxygens (including phenoxy) is 4. The summed E-state index contributed by atoms with van der Waals surface area (Å²) in [4.78, 5) is 11.4. The quantitative estimate of drug-likeness (QED) is 0.432. The van der Waals surface area contributed by atoms with Gasteiger partial charge in [-0.3, -0.25) is 0 Å². The van der Waals surface area contributed by atoms with Gasteiger partial charge in [-0.1, -0.05) is 12.1 Å². The minimum absolute atomic E-state index is 0.295. The number of aldehydes is 1. The fourth-order valence-electron chi connectivity index (χ4n) is 3.11. The molecule has 28 heavy (non-hydrogen) atoms. The van der Waals surface area contributed by atoms with Crippen molar-refractivity contribution in [3.63, 3.8) is 0 Å². The molecule has 0 aromatic heterocycles. The van der Waals surface area contributed by atoms with E-state index in [0.29, 0.717) is 32.8 Å². The Morgan fingerprint density at radius 2 is 1.75 bits per heavy atom. The standard InChI is InChI=1S/C21H34O6Si/c1-20(2)25-15-21(16-26-20,19(11-12-22)27-28(4,5)6)14-24-13-17-7-9-18(23-3)10-8-17/h7-10,12,19H,11,13-16H2,1-6H3/t19-/m1/s1. The van der Waals surface area contributed by atoms with E-state index in [1.165, 1.54) is 0 Å². The van der Waals surface area contributed by atoms with Crippen molar-refractivity contribution in [3.05, 3.63) is 29.8 Å². The first-order valence-electron chi connectivity index (χ1n) is 9.69. The molecule has 0 amide bonds. The molecule has 0 radical (unpaired) electrons. The zero-order valence-corrected chi connectivity index (χ0v) is 18.9. The van der Waals surface area contributed by atoms with E-state index in [0.717, 1.165) is 17.6 Å². The van der Waals surface area contributed by atoms with Gasteiger partial charge in [-0.25, -0.2) is 0 Å². The van der Waals surface area contributed by atoms with Crippen LogP contribution >= 0.6 is 0 Å². The van der Waals surface area contributed by atoms with Crippen LogP contribution in [-0.4, -0.2) is 53.4 Å². The molecule has 1 aromatic rings. The van der Waals surface area contributed by atoms with E-state index >= 15 is 0 Å². The van der Waals surface area contributed by atoms with Crippen molar-refractivity contribution in [2.24, 2.45) is 5.41 Å². The summed E-state index contributed by atoms with van der Waals surface area (Å²) in [6, 6.07) is 7.77. The molecule has 0 spiro atoms. The van der Waals surface area contributed by atoms with Gasteiger partial charge in [0.15, 0.2) is 14.1 Å². The summed E-state index contributed by atoms with van der Waals surface area (Å²) in [5.74, 6) is 0.163. The summed E-state index contributed by atoms with van der Waals surface area (Å²) < 4.78 is 29.5. The smallest absolute Gasteiger partial charge is 0.184 e.